The molecule has 0 saturated carbocycles. The molecule has 90 valence electrons. The predicted octanol–water partition coefficient (Wildman–Crippen LogP) is 2.55. The summed E-state index contributed by atoms with van der Waals surface area (Å²) in [6.45, 7) is 5.29. The van der Waals surface area contributed by atoms with Gasteiger partial charge < -0.3 is 4.74 Å². The van der Waals surface area contributed by atoms with Crippen LogP contribution in [0.1, 0.15) is 36.2 Å². The van der Waals surface area contributed by atoms with E-state index in [1.165, 1.54) is 6.92 Å². The third-order valence-electron chi connectivity index (χ3n) is 3.24. The zero-order valence-electron chi connectivity index (χ0n) is 10.3. The Labute approximate surface area is 101 Å². The topological polar surface area (TPSA) is 43.4 Å². The SMILES string of the molecule is CCC1Oc2c(C)cccc2C(=O)C1C(C)=O. The normalized spacial score (nSPS) is 22.9. The van der Waals surface area contributed by atoms with Crippen LogP contribution in [0.25, 0.3) is 0 Å². The maximum absolute atomic E-state index is 12.3. The second kappa shape index (κ2) is 4.32. The quantitative estimate of drug-likeness (QED) is 0.736. The number of para-hydroxylation sites is 1. The predicted molar refractivity (Wildman–Crippen MR) is 64.4 cm³/mol. The highest BCUT2D eigenvalue weighted by molar-refractivity contribution is 6.12. The Hall–Kier alpha value is -1.64. The molecule has 2 unspecified atom stereocenters. The summed E-state index contributed by atoms with van der Waals surface area (Å²) in [5.41, 5.74) is 1.48. The van der Waals surface area contributed by atoms with E-state index in [0.29, 0.717) is 17.7 Å². The molecule has 3 heteroatoms. The third kappa shape index (κ3) is 1.86. The Morgan fingerprint density at radius 1 is 1.41 bits per heavy atom. The summed E-state index contributed by atoms with van der Waals surface area (Å²) in [7, 11) is 0. The summed E-state index contributed by atoms with van der Waals surface area (Å²) in [6, 6.07) is 5.46. The van der Waals surface area contributed by atoms with E-state index < -0.39 is 5.92 Å². The summed E-state index contributed by atoms with van der Waals surface area (Å²) in [5, 5.41) is 0. The molecule has 2 atom stereocenters. The molecule has 0 bridgehead atoms. The molecule has 1 heterocycles. The lowest BCUT2D eigenvalue weighted by Gasteiger charge is -2.31. The fourth-order valence-electron chi connectivity index (χ4n) is 2.32. The van der Waals surface area contributed by atoms with Gasteiger partial charge in [0.05, 0.1) is 5.56 Å². The Bertz CT molecular complexity index is 476. The first-order valence-electron chi connectivity index (χ1n) is 5.87. The summed E-state index contributed by atoms with van der Waals surface area (Å²) in [6.07, 6.45) is 0.331. The lowest BCUT2D eigenvalue weighted by Crippen LogP contribution is -2.41. The van der Waals surface area contributed by atoms with Crippen LogP contribution in [0.4, 0.5) is 0 Å². The van der Waals surface area contributed by atoms with Crippen molar-refractivity contribution in [3.8, 4) is 5.75 Å². The Balaban J connectivity index is 2.52. The fraction of sp³-hybridized carbons (Fsp3) is 0.429. The van der Waals surface area contributed by atoms with E-state index in [1.807, 2.05) is 26.0 Å². The van der Waals surface area contributed by atoms with Gasteiger partial charge in [-0.1, -0.05) is 19.1 Å². The van der Waals surface area contributed by atoms with Gasteiger partial charge in [-0.15, -0.1) is 0 Å². The Morgan fingerprint density at radius 3 is 2.71 bits per heavy atom. The largest absolute Gasteiger partial charge is 0.488 e. The minimum absolute atomic E-state index is 0.102. The first kappa shape index (κ1) is 11.8. The number of rotatable bonds is 2. The first-order chi connectivity index (χ1) is 8.06. The molecule has 0 amide bonds. The molecule has 17 heavy (non-hydrogen) atoms. The van der Waals surface area contributed by atoms with Crippen molar-refractivity contribution in [3.63, 3.8) is 0 Å². The number of carbonyl (C=O) groups is 2. The molecule has 2 rings (SSSR count). The van der Waals surface area contributed by atoms with Crippen LogP contribution < -0.4 is 4.74 Å². The van der Waals surface area contributed by atoms with E-state index in [2.05, 4.69) is 0 Å². The van der Waals surface area contributed by atoms with E-state index >= 15 is 0 Å². The lowest BCUT2D eigenvalue weighted by molar-refractivity contribution is -0.122. The minimum atomic E-state index is -0.644. The third-order valence-corrected chi connectivity index (χ3v) is 3.24. The van der Waals surface area contributed by atoms with Gasteiger partial charge in [-0.05, 0) is 31.9 Å². The molecule has 1 aromatic carbocycles. The Morgan fingerprint density at radius 2 is 2.12 bits per heavy atom. The van der Waals surface area contributed by atoms with Crippen LogP contribution in [0.3, 0.4) is 0 Å². The van der Waals surface area contributed by atoms with Crippen molar-refractivity contribution in [3.05, 3.63) is 29.3 Å². The summed E-state index contributed by atoms with van der Waals surface area (Å²) >= 11 is 0. The number of aryl methyl sites for hydroxylation is 1. The first-order valence-corrected chi connectivity index (χ1v) is 5.87. The van der Waals surface area contributed by atoms with Gasteiger partial charge in [0, 0.05) is 0 Å². The molecule has 0 fully saturated rings. The zero-order chi connectivity index (χ0) is 12.6. The van der Waals surface area contributed by atoms with Gasteiger partial charge >= 0.3 is 0 Å². The van der Waals surface area contributed by atoms with Crippen molar-refractivity contribution in [2.24, 2.45) is 5.92 Å². The van der Waals surface area contributed by atoms with Crippen LogP contribution in [0.15, 0.2) is 18.2 Å². The van der Waals surface area contributed by atoms with Gasteiger partial charge in [0.25, 0.3) is 0 Å². The number of hydrogen-bond acceptors (Lipinski definition) is 3. The van der Waals surface area contributed by atoms with Crippen molar-refractivity contribution in [1.29, 1.82) is 0 Å². The van der Waals surface area contributed by atoms with Gasteiger partial charge in [0.15, 0.2) is 5.78 Å². The second-order valence-corrected chi connectivity index (χ2v) is 4.47. The number of benzene rings is 1. The average Bonchev–Trinajstić information content (AvgIpc) is 2.29. The zero-order valence-corrected chi connectivity index (χ0v) is 10.3. The number of Topliss-reactive ketones (excluding diaryl/α,β-unsaturated/α-hetero) is 2. The second-order valence-electron chi connectivity index (χ2n) is 4.47. The van der Waals surface area contributed by atoms with E-state index in [0.717, 1.165) is 5.56 Å². The van der Waals surface area contributed by atoms with Crippen LogP contribution in [0.5, 0.6) is 5.75 Å². The van der Waals surface area contributed by atoms with Gasteiger partial charge in [0.2, 0.25) is 0 Å². The molecule has 3 nitrogen and oxygen atoms in total. The van der Waals surface area contributed by atoms with E-state index in [9.17, 15) is 9.59 Å². The summed E-state index contributed by atoms with van der Waals surface area (Å²) < 4.78 is 5.81. The van der Waals surface area contributed by atoms with E-state index in [4.69, 9.17) is 4.74 Å². The number of fused-ring (bicyclic) bond motifs is 1. The van der Waals surface area contributed by atoms with Crippen LogP contribution in [-0.2, 0) is 4.79 Å². The highest BCUT2D eigenvalue weighted by Gasteiger charge is 2.39. The molecule has 0 N–H and O–H groups in total. The molecule has 0 saturated heterocycles. The highest BCUT2D eigenvalue weighted by atomic mass is 16.5. The van der Waals surface area contributed by atoms with Crippen LogP contribution in [-0.4, -0.2) is 17.7 Å². The van der Waals surface area contributed by atoms with Gasteiger partial charge in [0.1, 0.15) is 23.6 Å². The standard InChI is InChI=1S/C14H16O3/c1-4-11-12(9(3)15)13(16)10-7-5-6-8(2)14(10)17-11/h5-7,11-12H,4H2,1-3H3. The monoisotopic (exact) mass is 232 g/mol. The molecule has 1 aromatic rings. The molecule has 0 aliphatic carbocycles. The molecular weight excluding hydrogens is 216 g/mol. The van der Waals surface area contributed by atoms with Gasteiger partial charge in [-0.2, -0.15) is 0 Å². The fourth-order valence-corrected chi connectivity index (χ4v) is 2.32. The molecule has 1 aliphatic rings. The van der Waals surface area contributed by atoms with Crippen LogP contribution in [0, 0.1) is 12.8 Å². The highest BCUT2D eigenvalue weighted by Crippen LogP contribution is 2.34. The average molecular weight is 232 g/mol. The van der Waals surface area contributed by atoms with Crippen molar-refractivity contribution in [1.82, 2.24) is 0 Å². The van der Waals surface area contributed by atoms with Crippen molar-refractivity contribution >= 4 is 11.6 Å². The number of ether oxygens (including phenoxy) is 1. The van der Waals surface area contributed by atoms with Crippen molar-refractivity contribution in [2.75, 3.05) is 0 Å². The molecule has 1 aliphatic heterocycles. The van der Waals surface area contributed by atoms with Crippen molar-refractivity contribution < 1.29 is 14.3 Å². The van der Waals surface area contributed by atoms with E-state index in [1.54, 1.807) is 6.07 Å². The smallest absolute Gasteiger partial charge is 0.180 e. The summed E-state index contributed by atoms with van der Waals surface area (Å²) in [4.78, 5) is 23.9. The number of ketones is 2. The molecule has 0 spiro atoms. The summed E-state index contributed by atoms with van der Waals surface area (Å²) in [5.74, 6) is -0.223. The van der Waals surface area contributed by atoms with Gasteiger partial charge in [-0.25, -0.2) is 0 Å². The van der Waals surface area contributed by atoms with Gasteiger partial charge in [-0.3, -0.25) is 9.59 Å². The van der Waals surface area contributed by atoms with Crippen LogP contribution in [0.2, 0.25) is 0 Å². The van der Waals surface area contributed by atoms with Crippen molar-refractivity contribution in [2.45, 2.75) is 33.3 Å². The number of carbonyl (C=O) groups excluding carboxylic acids is 2. The lowest BCUT2D eigenvalue weighted by atomic mass is 9.84. The van der Waals surface area contributed by atoms with Crippen LogP contribution >= 0.6 is 0 Å². The maximum atomic E-state index is 12.3. The minimum Gasteiger partial charge on any atom is -0.488 e. The number of hydrogen-bond donors (Lipinski definition) is 0. The molecule has 0 radical (unpaired) electrons. The molecule has 0 aromatic heterocycles. The van der Waals surface area contributed by atoms with E-state index in [-0.39, 0.29) is 17.7 Å². The molecular formula is C14H16O3. The maximum Gasteiger partial charge on any atom is 0.180 e. The Kier molecular flexibility index (Phi) is 3.01.